The number of ether oxygens (including phenoxy) is 3. The zero-order valence-corrected chi connectivity index (χ0v) is 60.6. The number of rotatable bonds is 20. The lowest BCUT2D eigenvalue weighted by Gasteiger charge is -2.12. The average molecular weight is 1440 g/mol. The number of hydrogen-bond acceptors (Lipinski definition) is 14. The summed E-state index contributed by atoms with van der Waals surface area (Å²) in [5.41, 5.74) is 29.2. The first-order chi connectivity index (χ1) is 52.7. The van der Waals surface area contributed by atoms with Crippen molar-refractivity contribution in [2.45, 2.75) is 65.8 Å². The number of carbonyl (C=O) groups is 5. The first-order valence-corrected chi connectivity index (χ1v) is 35.3. The van der Waals surface area contributed by atoms with E-state index in [0.717, 1.165) is 118 Å². The molecule has 19 nitrogen and oxygen atoms in total. The van der Waals surface area contributed by atoms with Gasteiger partial charge in [-0.25, -0.2) is 24.4 Å². The van der Waals surface area contributed by atoms with Gasteiger partial charge in [0.15, 0.2) is 0 Å². The molecule has 0 atom stereocenters. The van der Waals surface area contributed by atoms with Crippen LogP contribution in [0.15, 0.2) is 273 Å². The van der Waals surface area contributed by atoms with E-state index in [0.29, 0.717) is 56.9 Å². The molecule has 0 saturated heterocycles. The van der Waals surface area contributed by atoms with Gasteiger partial charge in [-0.15, -0.1) is 0 Å². The number of benzene rings is 11. The topological polar surface area (TPSA) is 276 Å². The number of nitrogens with zero attached hydrogens (tertiary/aromatic N) is 3. The molecule has 0 aliphatic heterocycles. The first-order valence-electron chi connectivity index (χ1n) is 35.3. The summed E-state index contributed by atoms with van der Waals surface area (Å²) in [6.07, 6.45) is -1.36. The summed E-state index contributed by atoms with van der Waals surface area (Å²) in [7, 11) is 4.00. The lowest BCUT2D eigenvalue weighted by molar-refractivity contribution is 0.0944. The van der Waals surface area contributed by atoms with Gasteiger partial charge in [0.1, 0.15) is 0 Å². The smallest absolute Gasteiger partial charge is 0.407 e. The van der Waals surface area contributed by atoms with Gasteiger partial charge >= 0.3 is 18.3 Å². The van der Waals surface area contributed by atoms with Gasteiger partial charge in [0.25, 0.3) is 11.8 Å². The van der Waals surface area contributed by atoms with Crippen molar-refractivity contribution < 1.29 is 38.2 Å². The normalized spacial score (nSPS) is 10.7. The van der Waals surface area contributed by atoms with E-state index in [2.05, 4.69) is 172 Å². The predicted octanol–water partition coefficient (Wildman–Crippen LogP) is 16.0. The van der Waals surface area contributed by atoms with Crippen LogP contribution in [0.25, 0.3) is 76.8 Å². The highest BCUT2D eigenvalue weighted by Gasteiger charge is 2.17. The third-order valence-corrected chi connectivity index (χ3v) is 17.9. The number of nitrogens with two attached hydrogens (primary N) is 2. The molecular formula is C89H85N11O8. The molecule has 0 saturated carbocycles. The Bertz CT molecular complexity index is 5430. The standard InChI is InChI=1S/C30H25N3O3.C28H25N3.C21H21N3O3.C10H14N2O2/c1-36-30(35)32-19-21-12-10-20(11-13-21)18-31-29(34)26-17-28(33-27-9-5-4-8-25(26)27)24-15-14-22-6-2-3-7-23(22)16-24;29-17-20-9-11-21(12-10-20)18-30-19-25-16-28(31-27-8-4-3-7-26(25)27)24-14-13-22-5-1-2-6-23(22)15-24;1-14-11-18(17-5-3-4-6-19(17)24-14)20(25)22-12-15-7-9-16(10-8-15)13-23-21(26)27-2;1-14-10(13)12-7-9-4-2-8(6-11)3-5-9/h2-17H,18-19H2,1H3,(H,31,34)(H,32,35);1-16,30H,17-19,29H2;3-11H,12-13H2,1-2H3,(H,22,25)(H,23,26);2-5H,6-7,11H2,1H3,(H,12,13). The highest BCUT2D eigenvalue weighted by atomic mass is 16.5. The average Bonchev–Trinajstić information content (AvgIpc) is 0.771. The molecule has 5 amide bonds. The van der Waals surface area contributed by atoms with Crippen molar-refractivity contribution in [2.24, 2.45) is 11.5 Å². The monoisotopic (exact) mass is 1440 g/mol. The molecule has 0 aliphatic carbocycles. The van der Waals surface area contributed by atoms with Crippen LogP contribution in [-0.2, 0) is 73.1 Å². The molecule has 0 spiro atoms. The second-order valence-corrected chi connectivity index (χ2v) is 25.4. The number of methoxy groups -OCH3 is 3. The highest BCUT2D eigenvalue weighted by molar-refractivity contribution is 6.08. The number of nitrogens with one attached hydrogen (secondary N) is 6. The Morgan fingerprint density at radius 1 is 0.315 bits per heavy atom. The van der Waals surface area contributed by atoms with Gasteiger partial charge in [0.05, 0.1) is 60.4 Å². The van der Waals surface area contributed by atoms with E-state index < -0.39 is 18.3 Å². The second-order valence-electron chi connectivity index (χ2n) is 25.4. The minimum absolute atomic E-state index is 0.131. The van der Waals surface area contributed by atoms with E-state index in [-0.39, 0.29) is 11.8 Å². The lowest BCUT2D eigenvalue weighted by Crippen LogP contribution is -2.23. The van der Waals surface area contributed by atoms with Crippen molar-refractivity contribution in [1.29, 1.82) is 0 Å². The van der Waals surface area contributed by atoms with E-state index in [1.54, 1.807) is 6.07 Å². The molecule has 10 N–H and O–H groups in total. The van der Waals surface area contributed by atoms with Crippen molar-refractivity contribution >= 4 is 84.3 Å². The van der Waals surface area contributed by atoms with E-state index in [9.17, 15) is 24.0 Å². The van der Waals surface area contributed by atoms with Crippen LogP contribution in [0, 0.1) is 6.92 Å². The largest absolute Gasteiger partial charge is 0.453 e. The maximum absolute atomic E-state index is 13.3. The van der Waals surface area contributed by atoms with Crippen LogP contribution in [0.3, 0.4) is 0 Å². The van der Waals surface area contributed by atoms with Gasteiger partial charge in [-0.3, -0.25) is 14.6 Å². The summed E-state index contributed by atoms with van der Waals surface area (Å²) < 4.78 is 13.6. The number of hydrogen-bond donors (Lipinski definition) is 8. The van der Waals surface area contributed by atoms with Gasteiger partial charge in [-0.2, -0.15) is 0 Å². The molecule has 544 valence electrons. The van der Waals surface area contributed by atoms with Gasteiger partial charge in [0, 0.05) is 91.9 Å². The Morgan fingerprint density at radius 2 is 0.639 bits per heavy atom. The fourth-order valence-corrected chi connectivity index (χ4v) is 12.0. The number of carbonyl (C=O) groups excluding carboxylic acids is 5. The lowest BCUT2D eigenvalue weighted by atomic mass is 10.0. The van der Waals surface area contributed by atoms with Crippen LogP contribution < -0.4 is 43.4 Å². The van der Waals surface area contributed by atoms with E-state index >= 15 is 0 Å². The highest BCUT2D eigenvalue weighted by Crippen LogP contribution is 2.30. The van der Waals surface area contributed by atoms with Gasteiger partial charge in [0.2, 0.25) is 0 Å². The number of amides is 5. The Balaban J connectivity index is 0.000000149. The maximum Gasteiger partial charge on any atom is 0.407 e. The number of para-hydroxylation sites is 3. The SMILES string of the molecule is COC(=O)NCc1ccc(CN)cc1.COC(=O)NCc1ccc(CNC(=O)c2cc(-c3ccc4ccccc4c3)nc3ccccc23)cc1.COC(=O)NCc1ccc(CNC(=O)c2cc(C)nc3ccccc23)cc1.NCc1ccc(CNCc2cc(-c3ccc4ccccc4c3)nc3ccccc23)cc1. The third-order valence-electron chi connectivity index (χ3n) is 17.9. The number of fused-ring (bicyclic) bond motifs is 5. The Labute approximate surface area is 627 Å². The zero-order valence-electron chi connectivity index (χ0n) is 60.6. The summed E-state index contributed by atoms with van der Waals surface area (Å²) in [5.74, 6) is -0.291. The summed E-state index contributed by atoms with van der Waals surface area (Å²) in [4.78, 5) is 73.3. The van der Waals surface area contributed by atoms with Crippen LogP contribution in [0.1, 0.15) is 76.5 Å². The summed E-state index contributed by atoms with van der Waals surface area (Å²) in [6, 6.07) is 90.5. The molecule has 0 aliphatic rings. The molecule has 0 bridgehead atoms. The first kappa shape index (κ1) is 75.9. The van der Waals surface area contributed by atoms with Crippen LogP contribution in [0.2, 0.25) is 0 Å². The Morgan fingerprint density at radius 3 is 1.05 bits per heavy atom. The summed E-state index contributed by atoms with van der Waals surface area (Å²) in [6.45, 7) is 6.61. The molecular weight excluding hydrogens is 1350 g/mol. The molecule has 108 heavy (non-hydrogen) atoms. The molecule has 11 aromatic carbocycles. The quantitative estimate of drug-likeness (QED) is 0.0330. The zero-order chi connectivity index (χ0) is 75.6. The molecule has 3 heterocycles. The van der Waals surface area contributed by atoms with Crippen molar-refractivity contribution in [3.8, 4) is 22.5 Å². The molecule has 3 aromatic heterocycles. The third kappa shape index (κ3) is 21.0. The Hall–Kier alpha value is -13.2. The minimum Gasteiger partial charge on any atom is -0.453 e. The van der Waals surface area contributed by atoms with Crippen LogP contribution >= 0.6 is 0 Å². The van der Waals surface area contributed by atoms with E-state index in [1.807, 2.05) is 153 Å². The predicted molar refractivity (Wildman–Crippen MR) is 428 cm³/mol. The number of alkyl carbamates (subject to hydrolysis) is 3. The van der Waals surface area contributed by atoms with Crippen LogP contribution in [0.4, 0.5) is 14.4 Å². The molecule has 0 radical (unpaired) electrons. The van der Waals surface area contributed by atoms with E-state index in [1.165, 1.54) is 48.6 Å². The van der Waals surface area contributed by atoms with E-state index in [4.69, 9.17) is 21.4 Å². The van der Waals surface area contributed by atoms with Crippen molar-refractivity contribution in [2.75, 3.05) is 21.3 Å². The Kier molecular flexibility index (Phi) is 26.7. The number of pyridine rings is 3. The minimum atomic E-state index is -0.473. The van der Waals surface area contributed by atoms with Crippen molar-refractivity contribution in [3.63, 3.8) is 0 Å². The van der Waals surface area contributed by atoms with Gasteiger partial charge in [-0.1, -0.05) is 224 Å². The maximum atomic E-state index is 13.3. The fraction of sp³-hybridized carbons (Fsp3) is 0.146. The summed E-state index contributed by atoms with van der Waals surface area (Å²) in [5, 5.41) is 25.1. The molecule has 14 rings (SSSR count). The number of aromatic nitrogens is 3. The van der Waals surface area contributed by atoms with Gasteiger partial charge < -0.3 is 57.6 Å². The second kappa shape index (κ2) is 38.0. The number of aryl methyl sites for hydroxylation is 1. The summed E-state index contributed by atoms with van der Waals surface area (Å²) >= 11 is 0. The van der Waals surface area contributed by atoms with Crippen LogP contribution in [-0.4, -0.2) is 66.4 Å². The van der Waals surface area contributed by atoms with Crippen molar-refractivity contribution in [1.82, 2.24) is 46.9 Å². The molecule has 14 aromatic rings. The molecule has 0 unspecified atom stereocenters. The molecule has 19 heteroatoms. The van der Waals surface area contributed by atoms with Crippen LogP contribution in [0.5, 0.6) is 0 Å². The van der Waals surface area contributed by atoms with Crippen molar-refractivity contribution in [3.05, 3.63) is 340 Å². The molecule has 0 fully saturated rings. The van der Waals surface area contributed by atoms with Gasteiger partial charge in [-0.05, 0) is 127 Å². The fourth-order valence-electron chi connectivity index (χ4n) is 12.0.